The second-order valence-corrected chi connectivity index (χ2v) is 7.78. The SMILES string of the molecule is CN(C)Cc1cc(C(C)(C)C)c(O)c(C(C)(C)C)c1.Cl. The van der Waals surface area contributed by atoms with Crippen molar-refractivity contribution in [3.8, 4) is 5.75 Å². The van der Waals surface area contributed by atoms with Crippen LogP contribution in [0.25, 0.3) is 0 Å². The maximum atomic E-state index is 10.6. The van der Waals surface area contributed by atoms with Crippen molar-refractivity contribution in [3.63, 3.8) is 0 Å². The summed E-state index contributed by atoms with van der Waals surface area (Å²) in [5.41, 5.74) is 3.24. The number of halogens is 1. The molecule has 0 fully saturated rings. The van der Waals surface area contributed by atoms with Crippen LogP contribution < -0.4 is 0 Å². The van der Waals surface area contributed by atoms with Crippen molar-refractivity contribution < 1.29 is 5.11 Å². The highest BCUT2D eigenvalue weighted by atomic mass is 35.5. The van der Waals surface area contributed by atoms with Crippen molar-refractivity contribution in [2.45, 2.75) is 58.9 Å². The van der Waals surface area contributed by atoms with Crippen LogP contribution in [0.3, 0.4) is 0 Å². The van der Waals surface area contributed by atoms with E-state index in [0.29, 0.717) is 5.75 Å². The van der Waals surface area contributed by atoms with E-state index >= 15 is 0 Å². The molecule has 1 rings (SSSR count). The van der Waals surface area contributed by atoms with Crippen molar-refractivity contribution in [3.05, 3.63) is 28.8 Å². The van der Waals surface area contributed by atoms with Crippen molar-refractivity contribution in [1.82, 2.24) is 4.90 Å². The van der Waals surface area contributed by atoms with Crippen molar-refractivity contribution in [2.24, 2.45) is 0 Å². The molecule has 0 aliphatic carbocycles. The van der Waals surface area contributed by atoms with E-state index in [0.717, 1.165) is 17.7 Å². The molecule has 0 aliphatic rings. The van der Waals surface area contributed by atoms with E-state index in [-0.39, 0.29) is 23.2 Å². The molecule has 20 heavy (non-hydrogen) atoms. The Morgan fingerprint density at radius 2 is 1.25 bits per heavy atom. The summed E-state index contributed by atoms with van der Waals surface area (Å²) in [7, 11) is 4.14. The third kappa shape index (κ3) is 4.68. The van der Waals surface area contributed by atoms with Crippen LogP contribution in [0.5, 0.6) is 5.75 Å². The van der Waals surface area contributed by atoms with Crippen LogP contribution in [0.1, 0.15) is 58.2 Å². The first-order valence-electron chi connectivity index (χ1n) is 6.94. The largest absolute Gasteiger partial charge is 0.507 e. The summed E-state index contributed by atoms with van der Waals surface area (Å²) < 4.78 is 0. The van der Waals surface area contributed by atoms with Gasteiger partial charge in [0.2, 0.25) is 0 Å². The van der Waals surface area contributed by atoms with Crippen LogP contribution in [0.2, 0.25) is 0 Å². The Morgan fingerprint density at radius 3 is 1.50 bits per heavy atom. The average molecular weight is 300 g/mol. The third-order valence-electron chi connectivity index (χ3n) is 3.28. The zero-order valence-corrected chi connectivity index (χ0v) is 15.0. The van der Waals surface area contributed by atoms with Crippen LogP contribution in [0, 0.1) is 0 Å². The lowest BCUT2D eigenvalue weighted by Gasteiger charge is -2.28. The molecule has 0 saturated heterocycles. The lowest BCUT2D eigenvalue weighted by atomic mass is 9.78. The van der Waals surface area contributed by atoms with E-state index < -0.39 is 0 Å². The zero-order chi connectivity index (χ0) is 15.0. The Labute approximate surface area is 130 Å². The first-order valence-corrected chi connectivity index (χ1v) is 6.94. The molecule has 0 amide bonds. The topological polar surface area (TPSA) is 23.5 Å². The lowest BCUT2D eigenvalue weighted by molar-refractivity contribution is 0.395. The predicted molar refractivity (Wildman–Crippen MR) is 90.1 cm³/mol. The maximum absolute atomic E-state index is 10.6. The van der Waals surface area contributed by atoms with Gasteiger partial charge in [0.05, 0.1) is 0 Å². The molecule has 1 N–H and O–H groups in total. The van der Waals surface area contributed by atoms with E-state index in [9.17, 15) is 5.11 Å². The van der Waals surface area contributed by atoms with Crippen LogP contribution in [-0.2, 0) is 17.4 Å². The smallest absolute Gasteiger partial charge is 0.123 e. The Kier molecular flexibility index (Phi) is 6.13. The number of hydrogen-bond acceptors (Lipinski definition) is 2. The summed E-state index contributed by atoms with van der Waals surface area (Å²) in [4.78, 5) is 2.16. The quantitative estimate of drug-likeness (QED) is 0.871. The first-order chi connectivity index (χ1) is 8.43. The Hall–Kier alpha value is -0.730. The van der Waals surface area contributed by atoms with Gasteiger partial charge in [0, 0.05) is 6.54 Å². The molecule has 0 saturated carbocycles. The minimum Gasteiger partial charge on any atom is -0.507 e. The normalized spacial score (nSPS) is 12.4. The van der Waals surface area contributed by atoms with Gasteiger partial charge in [-0.05, 0) is 41.6 Å². The number of rotatable bonds is 2. The molecule has 2 nitrogen and oxygen atoms in total. The van der Waals surface area contributed by atoms with Crippen LogP contribution in [0.15, 0.2) is 12.1 Å². The molecule has 0 unspecified atom stereocenters. The molecule has 3 heteroatoms. The molecule has 0 heterocycles. The molecule has 0 bridgehead atoms. The number of aromatic hydroxyl groups is 1. The van der Waals surface area contributed by atoms with Crippen molar-refractivity contribution >= 4 is 12.4 Å². The summed E-state index contributed by atoms with van der Waals surface area (Å²) in [5.74, 6) is 0.461. The maximum Gasteiger partial charge on any atom is 0.123 e. The van der Waals surface area contributed by atoms with Gasteiger partial charge in [-0.2, -0.15) is 0 Å². The van der Waals surface area contributed by atoms with Gasteiger partial charge in [0.15, 0.2) is 0 Å². The third-order valence-corrected chi connectivity index (χ3v) is 3.28. The lowest BCUT2D eigenvalue weighted by Crippen LogP contribution is -2.19. The fraction of sp³-hybridized carbons (Fsp3) is 0.647. The van der Waals surface area contributed by atoms with E-state index in [1.54, 1.807) is 0 Å². The average Bonchev–Trinajstić information content (AvgIpc) is 2.16. The summed E-state index contributed by atoms with van der Waals surface area (Å²) >= 11 is 0. The Morgan fingerprint density at radius 1 is 0.900 bits per heavy atom. The van der Waals surface area contributed by atoms with Crippen LogP contribution in [-0.4, -0.2) is 24.1 Å². The van der Waals surface area contributed by atoms with Gasteiger partial charge in [0.25, 0.3) is 0 Å². The highest BCUT2D eigenvalue weighted by Crippen LogP contribution is 2.39. The van der Waals surface area contributed by atoms with Gasteiger partial charge in [-0.1, -0.05) is 53.7 Å². The monoisotopic (exact) mass is 299 g/mol. The van der Waals surface area contributed by atoms with E-state index in [2.05, 4.69) is 72.7 Å². The van der Waals surface area contributed by atoms with Crippen molar-refractivity contribution in [1.29, 1.82) is 0 Å². The zero-order valence-electron chi connectivity index (χ0n) is 14.2. The highest BCUT2D eigenvalue weighted by Gasteiger charge is 2.26. The van der Waals surface area contributed by atoms with Gasteiger partial charge in [-0.3, -0.25) is 0 Å². The number of phenolic OH excluding ortho intramolecular Hbond substituents is 1. The van der Waals surface area contributed by atoms with Crippen molar-refractivity contribution in [2.75, 3.05) is 14.1 Å². The number of benzene rings is 1. The van der Waals surface area contributed by atoms with Gasteiger partial charge in [0.1, 0.15) is 5.75 Å². The molecular weight excluding hydrogens is 270 g/mol. The number of nitrogens with zero attached hydrogens (tertiary/aromatic N) is 1. The van der Waals surface area contributed by atoms with E-state index in [4.69, 9.17) is 0 Å². The number of hydrogen-bond donors (Lipinski definition) is 1. The highest BCUT2D eigenvalue weighted by molar-refractivity contribution is 5.85. The summed E-state index contributed by atoms with van der Waals surface area (Å²) in [6.45, 7) is 13.8. The molecule has 0 radical (unpaired) electrons. The molecule has 116 valence electrons. The fourth-order valence-corrected chi connectivity index (χ4v) is 2.29. The minimum absolute atomic E-state index is 0. The molecule has 0 aliphatic heterocycles. The second-order valence-electron chi connectivity index (χ2n) is 7.78. The fourth-order valence-electron chi connectivity index (χ4n) is 2.29. The van der Waals surface area contributed by atoms with Gasteiger partial charge in [-0.25, -0.2) is 0 Å². The van der Waals surface area contributed by atoms with Gasteiger partial charge in [-0.15, -0.1) is 12.4 Å². The van der Waals surface area contributed by atoms with E-state index in [1.807, 2.05) is 0 Å². The molecule has 0 spiro atoms. The molecule has 0 aromatic heterocycles. The minimum atomic E-state index is -0.0492. The standard InChI is InChI=1S/C17H29NO.ClH/c1-16(2,3)13-9-12(11-18(7)8)10-14(15(13)19)17(4,5)6;/h9-10,19H,11H2,1-8H3;1H. The second kappa shape index (κ2) is 6.36. The van der Waals surface area contributed by atoms with Crippen LogP contribution >= 0.6 is 12.4 Å². The summed E-state index contributed by atoms with van der Waals surface area (Å²) in [6, 6.07) is 4.29. The molecular formula is C17H30ClNO. The molecule has 0 atom stereocenters. The Bertz CT molecular complexity index is 418. The Balaban J connectivity index is 0.00000361. The molecule has 1 aromatic carbocycles. The summed E-state index contributed by atoms with van der Waals surface area (Å²) in [6.07, 6.45) is 0. The number of phenols is 1. The van der Waals surface area contributed by atoms with Gasteiger partial charge >= 0.3 is 0 Å². The first kappa shape index (κ1) is 19.3. The predicted octanol–water partition coefficient (Wildman–Crippen LogP) is 4.47. The molecule has 1 aromatic rings. The van der Waals surface area contributed by atoms with Crippen LogP contribution in [0.4, 0.5) is 0 Å². The summed E-state index contributed by atoms with van der Waals surface area (Å²) in [5, 5.41) is 10.6. The van der Waals surface area contributed by atoms with Gasteiger partial charge < -0.3 is 10.0 Å². The van der Waals surface area contributed by atoms with E-state index in [1.165, 1.54) is 5.56 Å².